The highest BCUT2D eigenvalue weighted by Crippen LogP contribution is 1.01. The maximum atomic E-state index is 5.74. The summed E-state index contributed by atoms with van der Waals surface area (Å²) in [5.41, 5.74) is 5.74. The second-order valence-corrected chi connectivity index (χ2v) is 0.144. The van der Waals surface area contributed by atoms with Crippen LogP contribution >= 0.6 is 0 Å². The van der Waals surface area contributed by atoms with Crippen LogP contribution in [0, 0.1) is 12.5 Å². The van der Waals surface area contributed by atoms with E-state index in [1.807, 2.05) is 0 Å². The third-order valence-corrected chi connectivity index (χ3v) is 0. The largest absolute Gasteiger partial charge is 0.252 e. The third kappa shape index (κ3) is 169. The summed E-state index contributed by atoms with van der Waals surface area (Å²) < 4.78 is 0. The van der Waals surface area contributed by atoms with Gasteiger partial charge >= 0.3 is 0 Å². The Hall–Kier alpha value is 0.126. The van der Waals surface area contributed by atoms with E-state index in [1.54, 1.807) is 0 Å². The van der Waals surface area contributed by atoms with Gasteiger partial charge in [-0.1, -0.05) is 6.42 Å². The molecule has 0 bridgehead atoms. The molecule has 2 heteroatoms. The van der Waals surface area contributed by atoms with Gasteiger partial charge in [0.1, 0.15) is 0 Å². The third-order valence-electron chi connectivity index (χ3n) is 0. The molecular weight excluding hydrogens is 62.3 g/mol. The standard InChI is InChI=1S/C2H2N.Mg.H2/c1-2-3;;/h1,3H;;1H. The lowest BCUT2D eigenvalue weighted by atomic mass is 11.2. The summed E-state index contributed by atoms with van der Waals surface area (Å²) in [5, 5.41) is 0. The van der Waals surface area contributed by atoms with E-state index < -0.39 is 0 Å². The van der Waals surface area contributed by atoms with Crippen molar-refractivity contribution in [2.24, 2.45) is 0 Å². The molecule has 0 heterocycles. The molecule has 0 saturated carbocycles. The van der Waals surface area contributed by atoms with E-state index in [0.717, 1.165) is 0 Å². The predicted octanol–water partition coefficient (Wildman–Crippen LogP) is -0.275. The number of rotatable bonds is 0. The predicted molar refractivity (Wildman–Crippen MR) is 19.8 cm³/mol. The molecule has 0 aliphatic carbocycles. The van der Waals surface area contributed by atoms with Gasteiger partial charge < -0.3 is 0 Å². The molecule has 0 saturated heterocycles. The molecular formula is C2H4MgN. The van der Waals surface area contributed by atoms with Crippen LogP contribution in [0.15, 0.2) is 0 Å². The molecule has 0 atom stereocenters. The van der Waals surface area contributed by atoms with Crippen LogP contribution in [0.25, 0.3) is 0 Å². The minimum absolute atomic E-state index is 0. The molecule has 0 aliphatic rings. The van der Waals surface area contributed by atoms with Crippen LogP contribution in [-0.4, -0.2) is 23.1 Å². The Morgan fingerprint density at radius 1 is 2.00 bits per heavy atom. The molecule has 0 unspecified atom stereocenters. The van der Waals surface area contributed by atoms with Gasteiger partial charge in [-0.25, -0.2) is 0 Å². The zero-order chi connectivity index (χ0) is 2.71. The summed E-state index contributed by atoms with van der Waals surface area (Å²) in [7, 11) is 0. The smallest absolute Gasteiger partial charge is 0.0220 e. The minimum atomic E-state index is 0. The van der Waals surface area contributed by atoms with Gasteiger partial charge in [-0.2, -0.15) is 0 Å². The highest BCUT2D eigenvalue weighted by atomic mass is 24.3. The monoisotopic (exact) mass is 66.0 g/mol. The van der Waals surface area contributed by atoms with Gasteiger partial charge in [0.2, 0.25) is 0 Å². The topological polar surface area (TPSA) is 23.8 Å². The Balaban J connectivity index is -0.0000000200. The summed E-state index contributed by atoms with van der Waals surface area (Å²) in [5.74, 6) is 0. The van der Waals surface area contributed by atoms with Gasteiger partial charge in [-0.05, 0) is 0 Å². The quantitative estimate of drug-likeness (QED) is 0.274. The van der Waals surface area contributed by atoms with Crippen LogP contribution in [0.4, 0.5) is 0 Å². The van der Waals surface area contributed by atoms with Crippen molar-refractivity contribution in [3.63, 3.8) is 0 Å². The van der Waals surface area contributed by atoms with Crippen molar-refractivity contribution in [3.05, 3.63) is 0 Å². The van der Waals surface area contributed by atoms with E-state index in [4.69, 9.17) is 5.73 Å². The summed E-state index contributed by atoms with van der Waals surface area (Å²) in [6.45, 7) is 0. The maximum absolute atomic E-state index is 5.74. The van der Waals surface area contributed by atoms with E-state index in [9.17, 15) is 0 Å². The van der Waals surface area contributed by atoms with Crippen molar-refractivity contribution in [1.29, 1.82) is 0 Å². The van der Waals surface area contributed by atoms with Crippen molar-refractivity contribution in [3.8, 4) is 12.5 Å². The van der Waals surface area contributed by atoms with Crippen molar-refractivity contribution >= 4 is 23.1 Å². The molecule has 1 N–H and O–H groups in total. The Morgan fingerprint density at radius 3 is 2.00 bits per heavy atom. The van der Waals surface area contributed by atoms with Crippen LogP contribution in [0.5, 0.6) is 0 Å². The van der Waals surface area contributed by atoms with Crippen LogP contribution in [0.3, 0.4) is 0 Å². The van der Waals surface area contributed by atoms with E-state index >= 15 is 0 Å². The van der Waals surface area contributed by atoms with E-state index in [1.165, 1.54) is 6.04 Å². The fourth-order valence-corrected chi connectivity index (χ4v) is 0. The van der Waals surface area contributed by atoms with Crippen LogP contribution in [0.2, 0.25) is 0 Å². The molecule has 0 fully saturated rings. The normalized spacial score (nSPS) is 1.75. The van der Waals surface area contributed by atoms with E-state index in [0.29, 0.717) is 0 Å². The Bertz CT molecular complexity index is 31.1. The summed E-state index contributed by atoms with van der Waals surface area (Å²) in [4.78, 5) is 0. The van der Waals surface area contributed by atoms with E-state index in [2.05, 4.69) is 6.42 Å². The average Bonchev–Trinajstić information content (AvgIpc) is 0.918. The molecule has 19 valence electrons. The van der Waals surface area contributed by atoms with Gasteiger partial charge in [-0.3, -0.25) is 5.73 Å². The molecule has 0 rings (SSSR count). The molecule has 3 radical (unpaired) electrons. The zero-order valence-electron chi connectivity index (χ0n) is 2.28. The Kier molecular flexibility index (Phi) is 24.8. The molecule has 0 aliphatic heterocycles. The first-order valence-corrected chi connectivity index (χ1v) is 0.539. The molecule has 0 aromatic rings. The molecule has 0 aromatic carbocycles. The second-order valence-electron chi connectivity index (χ2n) is 0.144. The zero-order valence-corrected chi connectivity index (χ0v) is 3.70. The molecule has 4 heavy (non-hydrogen) atoms. The SMILES string of the molecule is C#C[NH].[HH].[Mg]. The molecule has 1 nitrogen and oxygen atoms in total. The lowest BCUT2D eigenvalue weighted by Gasteiger charge is -1.26. The highest BCUT2D eigenvalue weighted by molar-refractivity contribution is 5.75. The lowest BCUT2D eigenvalue weighted by Crippen LogP contribution is -1.37. The summed E-state index contributed by atoms with van der Waals surface area (Å²) >= 11 is 0. The Labute approximate surface area is 43.2 Å². The van der Waals surface area contributed by atoms with Gasteiger partial charge in [0, 0.05) is 30.5 Å². The van der Waals surface area contributed by atoms with Gasteiger partial charge in [0.15, 0.2) is 0 Å². The molecule has 0 spiro atoms. The maximum Gasteiger partial charge on any atom is 0.0220 e. The fourth-order valence-electron chi connectivity index (χ4n) is 0. The van der Waals surface area contributed by atoms with Gasteiger partial charge in [-0.15, -0.1) is 0 Å². The minimum Gasteiger partial charge on any atom is -0.252 e. The number of hydrogen-bond acceptors (Lipinski definition) is 0. The number of terminal acetylenes is 1. The van der Waals surface area contributed by atoms with Crippen molar-refractivity contribution < 1.29 is 1.43 Å². The van der Waals surface area contributed by atoms with E-state index in [-0.39, 0.29) is 24.5 Å². The van der Waals surface area contributed by atoms with Crippen LogP contribution in [-0.2, 0) is 0 Å². The molecule has 0 amide bonds. The highest BCUT2D eigenvalue weighted by Gasteiger charge is 1.07. The lowest BCUT2D eigenvalue weighted by molar-refractivity contribution is 1.65. The van der Waals surface area contributed by atoms with Crippen molar-refractivity contribution in [2.45, 2.75) is 0 Å². The number of nitrogens with one attached hydrogen (secondary N) is 1. The van der Waals surface area contributed by atoms with Crippen molar-refractivity contribution in [2.75, 3.05) is 0 Å². The van der Waals surface area contributed by atoms with Crippen molar-refractivity contribution in [1.82, 2.24) is 5.73 Å². The summed E-state index contributed by atoms with van der Waals surface area (Å²) in [6, 6.07) is 1.50. The van der Waals surface area contributed by atoms with Crippen LogP contribution in [0.1, 0.15) is 1.43 Å². The number of hydrogen-bond donors (Lipinski definition) is 0. The van der Waals surface area contributed by atoms with Gasteiger partial charge in [0.05, 0.1) is 0 Å². The molecule has 0 aromatic heterocycles. The average molecular weight is 66.4 g/mol. The first kappa shape index (κ1) is 8.92. The fraction of sp³-hybridized carbons (Fsp3) is 0. The summed E-state index contributed by atoms with van der Waals surface area (Å²) in [6.07, 6.45) is 4.26. The second kappa shape index (κ2) is 11.1. The Morgan fingerprint density at radius 2 is 2.00 bits per heavy atom. The van der Waals surface area contributed by atoms with Gasteiger partial charge in [0.25, 0.3) is 0 Å². The first-order valence-electron chi connectivity index (χ1n) is 0.539. The first-order chi connectivity index (χ1) is 1.41. The van der Waals surface area contributed by atoms with Crippen LogP contribution < -0.4 is 5.73 Å².